The van der Waals surface area contributed by atoms with Crippen LogP contribution < -0.4 is 4.90 Å². The standard InChI is InChI=1S/C25H24BrFN2O6S/c1-3-13-35-25(31)28(15-17-7-5-6-8-20(17)27)23-21(24(30)34-4-2)19(14-26)22(36-23)16-9-11-18(12-10-16)29(32)33/h5-12H,3-4,13-15H2,1-2H3. The molecule has 2 aromatic carbocycles. The molecule has 0 aliphatic carbocycles. The van der Waals surface area contributed by atoms with Gasteiger partial charge in [0.15, 0.2) is 0 Å². The van der Waals surface area contributed by atoms with E-state index in [2.05, 4.69) is 15.9 Å². The van der Waals surface area contributed by atoms with Gasteiger partial charge in [0.05, 0.1) is 30.2 Å². The van der Waals surface area contributed by atoms with Gasteiger partial charge in [0.25, 0.3) is 5.69 Å². The van der Waals surface area contributed by atoms with Gasteiger partial charge in [-0.05, 0) is 42.7 Å². The van der Waals surface area contributed by atoms with Crippen LogP contribution >= 0.6 is 27.3 Å². The van der Waals surface area contributed by atoms with Crippen molar-refractivity contribution in [3.05, 3.63) is 81.2 Å². The molecule has 3 aromatic rings. The number of hydrogen-bond acceptors (Lipinski definition) is 7. The molecule has 8 nitrogen and oxygen atoms in total. The van der Waals surface area contributed by atoms with Crippen LogP contribution in [0.4, 0.5) is 19.9 Å². The van der Waals surface area contributed by atoms with Crippen LogP contribution in [0.1, 0.15) is 41.8 Å². The molecule has 0 saturated carbocycles. The van der Waals surface area contributed by atoms with Gasteiger partial charge in [-0.15, -0.1) is 11.3 Å². The van der Waals surface area contributed by atoms with Crippen molar-refractivity contribution in [1.82, 2.24) is 0 Å². The topological polar surface area (TPSA) is 99.0 Å². The van der Waals surface area contributed by atoms with Crippen molar-refractivity contribution in [3.63, 3.8) is 0 Å². The molecule has 190 valence electrons. The molecule has 0 bridgehead atoms. The number of alkyl halides is 1. The zero-order valence-corrected chi connectivity index (χ0v) is 22.1. The van der Waals surface area contributed by atoms with Gasteiger partial charge in [-0.25, -0.2) is 14.0 Å². The van der Waals surface area contributed by atoms with Gasteiger partial charge in [-0.1, -0.05) is 41.1 Å². The highest BCUT2D eigenvalue weighted by Gasteiger charge is 2.32. The maximum atomic E-state index is 14.6. The second-order valence-electron chi connectivity index (χ2n) is 7.54. The SMILES string of the molecule is CCCOC(=O)N(Cc1ccccc1F)c1sc(-c2ccc([N+](=O)[O-])cc2)c(CBr)c1C(=O)OCC. The third-order valence-electron chi connectivity index (χ3n) is 5.12. The van der Waals surface area contributed by atoms with Crippen molar-refractivity contribution in [2.45, 2.75) is 32.1 Å². The van der Waals surface area contributed by atoms with Crippen LogP contribution in [0.25, 0.3) is 10.4 Å². The number of hydrogen-bond donors (Lipinski definition) is 0. The molecule has 0 aliphatic heterocycles. The Hall–Kier alpha value is -3.31. The highest BCUT2D eigenvalue weighted by Crippen LogP contribution is 2.44. The number of benzene rings is 2. The number of anilines is 1. The van der Waals surface area contributed by atoms with E-state index in [-0.39, 0.29) is 46.9 Å². The predicted molar refractivity (Wildman–Crippen MR) is 139 cm³/mol. The monoisotopic (exact) mass is 578 g/mol. The number of rotatable bonds is 10. The van der Waals surface area contributed by atoms with E-state index in [9.17, 15) is 24.1 Å². The molecule has 0 unspecified atom stereocenters. The van der Waals surface area contributed by atoms with Crippen molar-refractivity contribution < 1.29 is 28.4 Å². The Morgan fingerprint density at radius 1 is 1.11 bits per heavy atom. The summed E-state index contributed by atoms with van der Waals surface area (Å²) in [5, 5.41) is 11.6. The van der Waals surface area contributed by atoms with E-state index in [1.165, 1.54) is 23.1 Å². The van der Waals surface area contributed by atoms with Crippen molar-refractivity contribution >= 4 is 50.0 Å². The maximum Gasteiger partial charge on any atom is 0.415 e. The van der Waals surface area contributed by atoms with Gasteiger partial charge >= 0.3 is 12.1 Å². The normalized spacial score (nSPS) is 10.7. The minimum absolute atomic E-state index is 0.0779. The van der Waals surface area contributed by atoms with E-state index in [0.29, 0.717) is 22.4 Å². The Kier molecular flexibility index (Phi) is 9.54. The van der Waals surface area contributed by atoms with Gasteiger partial charge < -0.3 is 9.47 Å². The smallest absolute Gasteiger partial charge is 0.415 e. The third kappa shape index (κ3) is 6.08. The number of nitro benzene ring substituents is 1. The van der Waals surface area contributed by atoms with E-state index < -0.39 is 22.8 Å². The highest BCUT2D eigenvalue weighted by molar-refractivity contribution is 9.08. The molecule has 0 N–H and O–H groups in total. The Bertz CT molecular complexity index is 1250. The zero-order valence-electron chi connectivity index (χ0n) is 19.7. The summed E-state index contributed by atoms with van der Waals surface area (Å²) in [5.74, 6) is -1.15. The highest BCUT2D eigenvalue weighted by atomic mass is 79.9. The number of non-ortho nitro benzene ring substituents is 1. The number of amides is 1. The summed E-state index contributed by atoms with van der Waals surface area (Å²) in [6.45, 7) is 3.59. The fourth-order valence-electron chi connectivity index (χ4n) is 3.43. The lowest BCUT2D eigenvalue weighted by atomic mass is 10.1. The van der Waals surface area contributed by atoms with Gasteiger partial charge in [0.1, 0.15) is 10.8 Å². The Labute approximate surface area is 219 Å². The molecular formula is C25H24BrFN2O6S. The average Bonchev–Trinajstić information content (AvgIpc) is 3.26. The molecule has 36 heavy (non-hydrogen) atoms. The quantitative estimate of drug-likeness (QED) is 0.110. The second-order valence-corrected chi connectivity index (χ2v) is 9.10. The average molecular weight is 579 g/mol. The second kappa shape index (κ2) is 12.6. The van der Waals surface area contributed by atoms with Gasteiger partial charge in [-0.2, -0.15) is 0 Å². The summed E-state index contributed by atoms with van der Waals surface area (Å²) in [6.07, 6.45) is -0.155. The molecule has 11 heteroatoms. The molecule has 0 saturated heterocycles. The number of carbonyl (C=O) groups excluding carboxylic acids is 2. The lowest BCUT2D eigenvalue weighted by Gasteiger charge is -2.22. The molecular weight excluding hydrogens is 555 g/mol. The molecule has 0 radical (unpaired) electrons. The Balaban J connectivity index is 2.21. The van der Waals surface area contributed by atoms with Crippen molar-refractivity contribution in [3.8, 4) is 10.4 Å². The summed E-state index contributed by atoms with van der Waals surface area (Å²) in [7, 11) is 0. The van der Waals surface area contributed by atoms with Crippen molar-refractivity contribution in [2.75, 3.05) is 18.1 Å². The number of ether oxygens (including phenoxy) is 2. The van der Waals surface area contributed by atoms with Crippen LogP contribution in [0, 0.1) is 15.9 Å². The van der Waals surface area contributed by atoms with E-state index in [1.54, 1.807) is 37.3 Å². The van der Waals surface area contributed by atoms with Crippen LogP contribution in [0.5, 0.6) is 0 Å². The molecule has 0 spiro atoms. The lowest BCUT2D eigenvalue weighted by molar-refractivity contribution is -0.384. The van der Waals surface area contributed by atoms with E-state index >= 15 is 0 Å². The largest absolute Gasteiger partial charge is 0.462 e. The first-order valence-electron chi connectivity index (χ1n) is 11.1. The minimum Gasteiger partial charge on any atom is -0.462 e. The Morgan fingerprint density at radius 3 is 2.39 bits per heavy atom. The molecule has 1 heterocycles. The van der Waals surface area contributed by atoms with E-state index in [0.717, 1.165) is 11.3 Å². The molecule has 1 aromatic heterocycles. The number of nitrogens with zero attached hydrogens (tertiary/aromatic N) is 2. The third-order valence-corrected chi connectivity index (χ3v) is 6.99. The van der Waals surface area contributed by atoms with E-state index in [1.807, 2.05) is 6.92 Å². The van der Waals surface area contributed by atoms with Crippen LogP contribution in [-0.2, 0) is 21.3 Å². The lowest BCUT2D eigenvalue weighted by Crippen LogP contribution is -2.32. The fraction of sp³-hybridized carbons (Fsp3) is 0.280. The first kappa shape index (κ1) is 27.3. The summed E-state index contributed by atoms with van der Waals surface area (Å²) >= 11 is 4.56. The van der Waals surface area contributed by atoms with Crippen LogP contribution in [0.3, 0.4) is 0 Å². The summed E-state index contributed by atoms with van der Waals surface area (Å²) in [5.41, 5.74) is 1.47. The zero-order chi connectivity index (χ0) is 26.2. The number of esters is 1. The van der Waals surface area contributed by atoms with Crippen LogP contribution in [0.2, 0.25) is 0 Å². The maximum absolute atomic E-state index is 14.6. The first-order valence-corrected chi connectivity index (χ1v) is 13.1. The summed E-state index contributed by atoms with van der Waals surface area (Å²) < 4.78 is 25.2. The first-order chi connectivity index (χ1) is 17.3. The number of nitro groups is 1. The number of carbonyl (C=O) groups is 2. The summed E-state index contributed by atoms with van der Waals surface area (Å²) in [4.78, 5) is 38.7. The van der Waals surface area contributed by atoms with Crippen molar-refractivity contribution in [2.24, 2.45) is 0 Å². The molecule has 3 rings (SSSR count). The van der Waals surface area contributed by atoms with Crippen LogP contribution in [-0.4, -0.2) is 30.2 Å². The van der Waals surface area contributed by atoms with Gasteiger partial charge in [0.2, 0.25) is 0 Å². The Morgan fingerprint density at radius 2 is 1.81 bits per heavy atom. The predicted octanol–water partition coefficient (Wildman–Crippen LogP) is 7.09. The summed E-state index contributed by atoms with van der Waals surface area (Å²) in [6, 6.07) is 11.9. The molecule has 0 atom stereocenters. The number of thiophene rings is 1. The minimum atomic E-state index is -0.733. The molecule has 0 aliphatic rings. The van der Waals surface area contributed by atoms with Crippen molar-refractivity contribution in [1.29, 1.82) is 0 Å². The van der Waals surface area contributed by atoms with Crippen LogP contribution in [0.15, 0.2) is 48.5 Å². The van der Waals surface area contributed by atoms with Gasteiger partial charge in [-0.3, -0.25) is 15.0 Å². The van der Waals surface area contributed by atoms with E-state index in [4.69, 9.17) is 9.47 Å². The molecule has 0 fully saturated rings. The van der Waals surface area contributed by atoms with Gasteiger partial charge in [0, 0.05) is 27.9 Å². The fourth-order valence-corrected chi connectivity index (χ4v) is 5.48. The molecule has 1 amide bonds. The number of halogens is 2.